The van der Waals surface area contributed by atoms with Crippen LogP contribution in [0.2, 0.25) is 0 Å². The van der Waals surface area contributed by atoms with E-state index in [0.29, 0.717) is 30.6 Å². The minimum absolute atomic E-state index is 0.0329. The molecule has 3 N–H and O–H groups in total. The summed E-state index contributed by atoms with van der Waals surface area (Å²) in [5.74, 6) is 0.274. The molecule has 1 amide bonds. The van der Waals surface area contributed by atoms with Gasteiger partial charge >= 0.3 is 6.09 Å². The average Bonchev–Trinajstić information content (AvgIpc) is 3.19. The Morgan fingerprint density at radius 2 is 2.13 bits per heavy atom. The number of nitrogens with one attached hydrogen (secondary N) is 1. The Morgan fingerprint density at radius 1 is 1.32 bits per heavy atom. The van der Waals surface area contributed by atoms with Crippen LogP contribution in [0, 0.1) is 11.7 Å². The maximum atomic E-state index is 14.4. The summed E-state index contributed by atoms with van der Waals surface area (Å²) in [5.41, 5.74) is 0.164. The molecule has 0 bridgehead atoms. The van der Waals surface area contributed by atoms with Crippen molar-refractivity contribution in [3.8, 4) is 5.75 Å². The number of β-amino-alcohol motifs (C(OH)–C–C–N with tert-alkyl or cyclic N) is 2. The summed E-state index contributed by atoms with van der Waals surface area (Å²) in [4.78, 5) is 13.3. The molecule has 0 spiro atoms. The first kappa shape index (κ1) is 20.2. The van der Waals surface area contributed by atoms with Crippen molar-refractivity contribution in [1.29, 1.82) is 0 Å². The number of anilines is 1. The summed E-state index contributed by atoms with van der Waals surface area (Å²) in [7, 11) is 0. The standard InChI is InChI=1S/C23H25FN2O5/c24-19-7-14(6-15-12-30-22(28)25-21(15)19)20(27)11-26-10-16-8-18(9-23(16,29)13-26)31-17-4-2-1-3-5-17/h1-7,16,18,20,27,29H,8-13H2,(H,25,28)/t16-,18+,20-,23-/m1/s1. The van der Waals surface area contributed by atoms with Crippen molar-refractivity contribution in [2.24, 2.45) is 5.92 Å². The molecule has 0 radical (unpaired) electrons. The number of carbonyl (C=O) groups is 1. The van der Waals surface area contributed by atoms with Crippen molar-refractivity contribution in [3.63, 3.8) is 0 Å². The van der Waals surface area contributed by atoms with Gasteiger partial charge in [0.05, 0.1) is 17.4 Å². The SMILES string of the molecule is O=C1Nc2c(F)cc([C@H](O)CN3C[C@H]4C[C@H](Oc5ccccc5)C[C@@]4(O)C3)cc2CO1. The van der Waals surface area contributed by atoms with E-state index in [9.17, 15) is 19.4 Å². The number of nitrogens with zero attached hydrogens (tertiary/aromatic N) is 1. The molecule has 1 aliphatic carbocycles. The minimum atomic E-state index is -0.920. The number of aliphatic hydroxyl groups is 2. The number of benzene rings is 2. The average molecular weight is 428 g/mol. The molecule has 0 unspecified atom stereocenters. The molecule has 8 heteroatoms. The highest BCUT2D eigenvalue weighted by Gasteiger charge is 2.52. The molecule has 4 atom stereocenters. The van der Waals surface area contributed by atoms with Gasteiger partial charge in [0.15, 0.2) is 0 Å². The first-order chi connectivity index (χ1) is 14.9. The summed E-state index contributed by atoms with van der Waals surface area (Å²) in [6.07, 6.45) is -0.344. The van der Waals surface area contributed by atoms with Gasteiger partial charge in [-0.2, -0.15) is 0 Å². The van der Waals surface area contributed by atoms with Crippen LogP contribution in [0.5, 0.6) is 5.75 Å². The zero-order valence-corrected chi connectivity index (χ0v) is 17.0. The van der Waals surface area contributed by atoms with E-state index in [0.717, 1.165) is 12.2 Å². The molecule has 2 aromatic carbocycles. The monoisotopic (exact) mass is 428 g/mol. The molecule has 1 saturated carbocycles. The first-order valence-electron chi connectivity index (χ1n) is 10.5. The first-order valence-corrected chi connectivity index (χ1v) is 10.5. The summed E-state index contributed by atoms with van der Waals surface area (Å²) in [6, 6.07) is 12.5. The molecular weight excluding hydrogens is 403 g/mol. The maximum absolute atomic E-state index is 14.4. The van der Waals surface area contributed by atoms with Crippen LogP contribution in [-0.4, -0.2) is 52.5 Å². The number of hydrogen-bond donors (Lipinski definition) is 3. The van der Waals surface area contributed by atoms with Crippen LogP contribution in [0.15, 0.2) is 42.5 Å². The fraction of sp³-hybridized carbons (Fsp3) is 0.435. The van der Waals surface area contributed by atoms with Crippen molar-refractivity contribution in [2.75, 3.05) is 25.0 Å². The van der Waals surface area contributed by atoms with E-state index in [4.69, 9.17) is 9.47 Å². The third-order valence-electron chi connectivity index (χ3n) is 6.51. The van der Waals surface area contributed by atoms with E-state index in [1.165, 1.54) is 6.07 Å². The largest absolute Gasteiger partial charge is 0.490 e. The van der Waals surface area contributed by atoms with Crippen LogP contribution in [-0.2, 0) is 11.3 Å². The molecule has 3 aliphatic rings. The third kappa shape index (κ3) is 3.98. The van der Waals surface area contributed by atoms with Gasteiger partial charge in [0.1, 0.15) is 24.3 Å². The lowest BCUT2D eigenvalue weighted by Gasteiger charge is -2.26. The van der Waals surface area contributed by atoms with Gasteiger partial charge in [-0.15, -0.1) is 0 Å². The van der Waals surface area contributed by atoms with Crippen molar-refractivity contribution < 1.29 is 28.9 Å². The van der Waals surface area contributed by atoms with Crippen molar-refractivity contribution >= 4 is 11.8 Å². The topological polar surface area (TPSA) is 91.3 Å². The van der Waals surface area contributed by atoms with Crippen LogP contribution in [0.4, 0.5) is 14.9 Å². The van der Waals surface area contributed by atoms with Gasteiger partial charge in [-0.05, 0) is 36.2 Å². The highest BCUT2D eigenvalue weighted by molar-refractivity contribution is 5.87. The second-order valence-electron chi connectivity index (χ2n) is 8.74. The number of rotatable bonds is 5. The van der Waals surface area contributed by atoms with Crippen LogP contribution in [0.1, 0.15) is 30.1 Å². The number of para-hydroxylation sites is 1. The highest BCUT2D eigenvalue weighted by atomic mass is 19.1. The smallest absolute Gasteiger partial charge is 0.412 e. The lowest BCUT2D eigenvalue weighted by molar-refractivity contribution is 0.0178. The Bertz CT molecular complexity index is 987. The van der Waals surface area contributed by atoms with Crippen LogP contribution in [0.25, 0.3) is 0 Å². The lowest BCUT2D eigenvalue weighted by Crippen LogP contribution is -2.36. The lowest BCUT2D eigenvalue weighted by atomic mass is 9.95. The number of hydrogen-bond acceptors (Lipinski definition) is 6. The Morgan fingerprint density at radius 3 is 2.90 bits per heavy atom. The quantitative estimate of drug-likeness (QED) is 0.679. The van der Waals surface area contributed by atoms with Crippen molar-refractivity contribution in [3.05, 3.63) is 59.4 Å². The summed E-state index contributed by atoms with van der Waals surface area (Å²) in [5, 5.41) is 24.2. The van der Waals surface area contributed by atoms with Crippen molar-refractivity contribution in [2.45, 2.75) is 37.3 Å². The van der Waals surface area contributed by atoms with Crippen LogP contribution < -0.4 is 10.1 Å². The summed E-state index contributed by atoms with van der Waals surface area (Å²) in [6.45, 7) is 1.34. The maximum Gasteiger partial charge on any atom is 0.412 e. The molecular formula is C23H25FN2O5. The summed E-state index contributed by atoms with van der Waals surface area (Å²) < 4.78 is 25.3. The number of halogens is 1. The normalized spacial score (nSPS) is 28.4. The number of aliphatic hydroxyl groups excluding tert-OH is 1. The molecule has 5 rings (SSSR count). The number of cyclic esters (lactones) is 1. The summed E-state index contributed by atoms with van der Waals surface area (Å²) >= 11 is 0. The number of carbonyl (C=O) groups excluding carboxylic acids is 1. The molecule has 2 aromatic rings. The molecule has 2 aliphatic heterocycles. The predicted molar refractivity (Wildman–Crippen MR) is 110 cm³/mol. The number of fused-ring (bicyclic) bond motifs is 2. The highest BCUT2D eigenvalue weighted by Crippen LogP contribution is 2.43. The second kappa shape index (κ2) is 7.78. The molecule has 31 heavy (non-hydrogen) atoms. The van der Waals surface area contributed by atoms with E-state index >= 15 is 0 Å². The minimum Gasteiger partial charge on any atom is -0.490 e. The Hall–Kier alpha value is -2.68. The Kier molecular flexibility index (Phi) is 5.08. The Labute approximate surface area is 179 Å². The zero-order chi connectivity index (χ0) is 21.6. The molecule has 7 nitrogen and oxygen atoms in total. The fourth-order valence-corrected chi connectivity index (χ4v) is 5.07. The van der Waals surface area contributed by atoms with Gasteiger partial charge in [0.25, 0.3) is 0 Å². The Balaban J connectivity index is 1.21. The van der Waals surface area contributed by atoms with Gasteiger partial charge < -0.3 is 19.7 Å². The molecule has 1 saturated heterocycles. The zero-order valence-electron chi connectivity index (χ0n) is 17.0. The van der Waals surface area contributed by atoms with Gasteiger partial charge in [0, 0.05) is 37.5 Å². The number of ether oxygens (including phenoxy) is 2. The van der Waals surface area contributed by atoms with Gasteiger partial charge in [-0.3, -0.25) is 10.2 Å². The number of likely N-dealkylation sites (tertiary alicyclic amines) is 1. The van der Waals surface area contributed by atoms with E-state index in [1.807, 2.05) is 35.2 Å². The molecule has 164 valence electrons. The van der Waals surface area contributed by atoms with Gasteiger partial charge in [-0.25, -0.2) is 9.18 Å². The van der Waals surface area contributed by atoms with E-state index < -0.39 is 23.6 Å². The van der Waals surface area contributed by atoms with Crippen LogP contribution >= 0.6 is 0 Å². The van der Waals surface area contributed by atoms with Crippen molar-refractivity contribution in [1.82, 2.24) is 4.90 Å². The third-order valence-corrected chi connectivity index (χ3v) is 6.51. The van der Waals surface area contributed by atoms with Gasteiger partial charge in [-0.1, -0.05) is 18.2 Å². The van der Waals surface area contributed by atoms with Gasteiger partial charge in [0.2, 0.25) is 0 Å². The van der Waals surface area contributed by atoms with E-state index in [-0.39, 0.29) is 30.9 Å². The number of amides is 1. The van der Waals surface area contributed by atoms with Crippen LogP contribution in [0.3, 0.4) is 0 Å². The second-order valence-corrected chi connectivity index (χ2v) is 8.74. The molecule has 0 aromatic heterocycles. The predicted octanol–water partition coefficient (Wildman–Crippen LogP) is 2.83. The van der Waals surface area contributed by atoms with E-state index in [2.05, 4.69) is 5.32 Å². The molecule has 2 fully saturated rings. The fourth-order valence-electron chi connectivity index (χ4n) is 5.07. The van der Waals surface area contributed by atoms with E-state index in [1.54, 1.807) is 6.07 Å². The molecule has 2 heterocycles.